The average Bonchev–Trinajstić information content (AvgIpc) is 3.23. The van der Waals surface area contributed by atoms with E-state index in [9.17, 15) is 4.79 Å². The van der Waals surface area contributed by atoms with Crippen molar-refractivity contribution >= 4 is 12.0 Å². The molecule has 2 aromatic carbocycles. The molecule has 7 heteroatoms. The molecule has 0 bridgehead atoms. The predicted octanol–water partition coefficient (Wildman–Crippen LogP) is 4.07. The van der Waals surface area contributed by atoms with Crippen molar-refractivity contribution in [1.29, 1.82) is 0 Å². The fourth-order valence-corrected chi connectivity index (χ4v) is 2.39. The van der Waals surface area contributed by atoms with Gasteiger partial charge in [-0.05, 0) is 55.0 Å². The van der Waals surface area contributed by atoms with Gasteiger partial charge in [0.25, 0.3) is 5.89 Å². The lowest BCUT2D eigenvalue weighted by Gasteiger charge is -2.07. The Morgan fingerprint density at radius 1 is 0.964 bits per heavy atom. The first-order valence-corrected chi connectivity index (χ1v) is 8.59. The van der Waals surface area contributed by atoms with Crippen LogP contribution in [-0.2, 0) is 9.53 Å². The first kappa shape index (κ1) is 19.2. The molecular weight excluding hydrogens is 360 g/mol. The van der Waals surface area contributed by atoms with Gasteiger partial charge in [-0.15, -0.1) is 10.2 Å². The van der Waals surface area contributed by atoms with Gasteiger partial charge in [0.1, 0.15) is 11.5 Å². The van der Waals surface area contributed by atoms with E-state index in [-0.39, 0.29) is 5.89 Å². The molecular formula is C21H20N2O5. The number of carbonyl (C=O) groups is 1. The Labute approximate surface area is 162 Å². The number of aromatic nitrogens is 2. The van der Waals surface area contributed by atoms with Crippen molar-refractivity contribution in [2.24, 2.45) is 0 Å². The van der Waals surface area contributed by atoms with Crippen LogP contribution in [0.3, 0.4) is 0 Å². The van der Waals surface area contributed by atoms with E-state index in [2.05, 4.69) is 10.2 Å². The third-order valence-electron chi connectivity index (χ3n) is 3.95. The van der Waals surface area contributed by atoms with Crippen LogP contribution in [0.2, 0.25) is 0 Å². The average molecular weight is 380 g/mol. The molecule has 1 aromatic heterocycles. The Hall–Kier alpha value is -3.61. The summed E-state index contributed by atoms with van der Waals surface area (Å²) in [4.78, 5) is 12.0. The molecule has 3 rings (SSSR count). The second-order valence-electron chi connectivity index (χ2n) is 5.86. The van der Waals surface area contributed by atoms with E-state index in [4.69, 9.17) is 18.6 Å². The number of benzene rings is 2. The van der Waals surface area contributed by atoms with E-state index in [1.54, 1.807) is 39.4 Å². The highest BCUT2D eigenvalue weighted by Crippen LogP contribution is 2.24. The molecule has 0 spiro atoms. The summed E-state index contributed by atoms with van der Waals surface area (Å²) in [5.74, 6) is 1.53. The van der Waals surface area contributed by atoms with Crippen LogP contribution in [0.1, 0.15) is 24.5 Å². The number of rotatable bonds is 7. The van der Waals surface area contributed by atoms with E-state index < -0.39 is 12.1 Å². The smallest absolute Gasteiger partial charge is 0.331 e. The van der Waals surface area contributed by atoms with Crippen LogP contribution in [-0.4, -0.2) is 30.4 Å². The molecule has 0 aliphatic heterocycles. The first-order chi connectivity index (χ1) is 13.6. The van der Waals surface area contributed by atoms with Gasteiger partial charge < -0.3 is 18.6 Å². The molecule has 0 radical (unpaired) electrons. The van der Waals surface area contributed by atoms with Gasteiger partial charge in [-0.25, -0.2) is 4.79 Å². The van der Waals surface area contributed by atoms with Crippen molar-refractivity contribution in [2.75, 3.05) is 14.2 Å². The van der Waals surface area contributed by atoms with Crippen molar-refractivity contribution in [3.63, 3.8) is 0 Å². The number of nitrogens with zero attached hydrogens (tertiary/aromatic N) is 2. The van der Waals surface area contributed by atoms with Crippen molar-refractivity contribution < 1.29 is 23.4 Å². The standard InChI is InChI=1S/C21H20N2O5/c1-14(27-19(24)13-6-15-4-9-17(25-2)10-5-15)20-22-23-21(28-20)16-7-11-18(26-3)12-8-16/h4-14H,1-3H3/b13-6+/t14-/m1/s1. The van der Waals surface area contributed by atoms with Crippen LogP contribution < -0.4 is 9.47 Å². The fraction of sp³-hybridized carbons (Fsp3) is 0.190. The highest BCUT2D eigenvalue weighted by molar-refractivity contribution is 5.87. The van der Waals surface area contributed by atoms with Crippen LogP contribution in [0.25, 0.3) is 17.5 Å². The maximum Gasteiger partial charge on any atom is 0.331 e. The highest BCUT2D eigenvalue weighted by atomic mass is 16.6. The van der Waals surface area contributed by atoms with Crippen LogP contribution in [0.5, 0.6) is 11.5 Å². The summed E-state index contributed by atoms with van der Waals surface area (Å²) in [6.45, 7) is 1.67. The Morgan fingerprint density at radius 3 is 2.18 bits per heavy atom. The molecule has 1 heterocycles. The van der Waals surface area contributed by atoms with Crippen molar-refractivity contribution in [3.8, 4) is 23.0 Å². The second-order valence-corrected chi connectivity index (χ2v) is 5.86. The number of methoxy groups -OCH3 is 2. The van der Waals surface area contributed by atoms with Gasteiger partial charge in [0, 0.05) is 11.6 Å². The van der Waals surface area contributed by atoms with E-state index in [1.165, 1.54) is 6.08 Å². The number of hydrogen-bond acceptors (Lipinski definition) is 7. The van der Waals surface area contributed by atoms with E-state index in [0.717, 1.165) is 22.6 Å². The molecule has 0 saturated heterocycles. The van der Waals surface area contributed by atoms with Crippen LogP contribution in [0.4, 0.5) is 0 Å². The Morgan fingerprint density at radius 2 is 1.57 bits per heavy atom. The van der Waals surface area contributed by atoms with Gasteiger partial charge in [-0.1, -0.05) is 12.1 Å². The molecule has 0 N–H and O–H groups in total. The molecule has 3 aromatic rings. The minimum atomic E-state index is -0.674. The highest BCUT2D eigenvalue weighted by Gasteiger charge is 2.18. The summed E-state index contributed by atoms with van der Waals surface area (Å²) in [5, 5.41) is 7.96. The van der Waals surface area contributed by atoms with Crippen molar-refractivity contribution in [3.05, 3.63) is 66.1 Å². The predicted molar refractivity (Wildman–Crippen MR) is 103 cm³/mol. The molecule has 0 unspecified atom stereocenters. The minimum Gasteiger partial charge on any atom is -0.497 e. The lowest BCUT2D eigenvalue weighted by Crippen LogP contribution is -2.06. The molecule has 0 amide bonds. The number of esters is 1. The third-order valence-corrected chi connectivity index (χ3v) is 3.95. The Bertz CT molecular complexity index is 946. The van der Waals surface area contributed by atoms with Crippen LogP contribution >= 0.6 is 0 Å². The monoisotopic (exact) mass is 380 g/mol. The molecule has 0 saturated carbocycles. The zero-order valence-corrected chi connectivity index (χ0v) is 15.8. The molecule has 0 aliphatic rings. The van der Waals surface area contributed by atoms with Gasteiger partial charge >= 0.3 is 5.97 Å². The van der Waals surface area contributed by atoms with Crippen LogP contribution in [0.15, 0.2) is 59.0 Å². The molecule has 0 fully saturated rings. The molecule has 28 heavy (non-hydrogen) atoms. The Kier molecular flexibility index (Phi) is 6.06. The van der Waals surface area contributed by atoms with Gasteiger partial charge in [-0.3, -0.25) is 0 Å². The summed E-state index contributed by atoms with van der Waals surface area (Å²) in [5.41, 5.74) is 1.60. The van der Waals surface area contributed by atoms with E-state index in [0.29, 0.717) is 5.89 Å². The second kappa shape index (κ2) is 8.85. The summed E-state index contributed by atoms with van der Waals surface area (Å²) in [7, 11) is 3.19. The lowest BCUT2D eigenvalue weighted by atomic mass is 10.2. The molecule has 144 valence electrons. The van der Waals surface area contributed by atoms with E-state index >= 15 is 0 Å². The summed E-state index contributed by atoms with van der Waals surface area (Å²) < 4.78 is 21.2. The zero-order chi connectivity index (χ0) is 19.9. The quantitative estimate of drug-likeness (QED) is 0.451. The molecule has 7 nitrogen and oxygen atoms in total. The zero-order valence-electron chi connectivity index (χ0n) is 15.8. The van der Waals surface area contributed by atoms with Gasteiger partial charge in [0.2, 0.25) is 5.89 Å². The van der Waals surface area contributed by atoms with Crippen molar-refractivity contribution in [1.82, 2.24) is 10.2 Å². The minimum absolute atomic E-state index is 0.219. The third kappa shape index (κ3) is 4.76. The molecule has 0 aliphatic carbocycles. The first-order valence-electron chi connectivity index (χ1n) is 8.59. The van der Waals surface area contributed by atoms with Gasteiger partial charge in [-0.2, -0.15) is 0 Å². The number of carbonyl (C=O) groups excluding carboxylic acids is 1. The fourth-order valence-electron chi connectivity index (χ4n) is 2.39. The van der Waals surface area contributed by atoms with E-state index in [1.807, 2.05) is 36.4 Å². The lowest BCUT2D eigenvalue weighted by molar-refractivity contribution is -0.143. The SMILES string of the molecule is COc1ccc(/C=C/C(=O)O[C@H](C)c2nnc(-c3ccc(OC)cc3)o2)cc1. The summed E-state index contributed by atoms with van der Waals surface area (Å²) in [6.07, 6.45) is 2.33. The largest absolute Gasteiger partial charge is 0.497 e. The van der Waals surface area contributed by atoms with Crippen molar-refractivity contribution in [2.45, 2.75) is 13.0 Å². The number of hydrogen-bond donors (Lipinski definition) is 0. The maximum absolute atomic E-state index is 12.0. The maximum atomic E-state index is 12.0. The van der Waals surface area contributed by atoms with Crippen LogP contribution in [0, 0.1) is 0 Å². The summed E-state index contributed by atoms with van der Waals surface area (Å²) in [6, 6.07) is 14.5. The Balaban J connectivity index is 1.60. The topological polar surface area (TPSA) is 83.7 Å². The van der Waals surface area contributed by atoms with Gasteiger partial charge in [0.05, 0.1) is 14.2 Å². The summed E-state index contributed by atoms with van der Waals surface area (Å²) >= 11 is 0. The molecule has 1 atom stereocenters. The number of ether oxygens (including phenoxy) is 3. The normalized spacial score (nSPS) is 12.0. The van der Waals surface area contributed by atoms with Gasteiger partial charge in [0.15, 0.2) is 6.10 Å².